The highest BCUT2D eigenvalue weighted by Crippen LogP contribution is 2.38. The van der Waals surface area contributed by atoms with Crippen molar-refractivity contribution in [1.29, 1.82) is 0 Å². The molecule has 210 valence electrons. The molecule has 0 radical (unpaired) electrons. The van der Waals surface area contributed by atoms with Crippen LogP contribution in [0.4, 0.5) is 17.6 Å². The Balaban J connectivity index is 1.38. The third-order valence-electron chi connectivity index (χ3n) is 7.61. The largest absolute Gasteiger partial charge is 0.490 e. The summed E-state index contributed by atoms with van der Waals surface area (Å²) in [7, 11) is 0. The first kappa shape index (κ1) is 29.1. The first-order valence-electron chi connectivity index (χ1n) is 14.2. The summed E-state index contributed by atoms with van der Waals surface area (Å²) in [4.78, 5) is 0. The lowest BCUT2D eigenvalue weighted by Crippen LogP contribution is -2.21. The summed E-state index contributed by atoms with van der Waals surface area (Å²) in [5.74, 6) is -3.52. The molecule has 0 bridgehead atoms. The Labute approximate surface area is 229 Å². The lowest BCUT2D eigenvalue weighted by Gasteiger charge is -2.29. The highest BCUT2D eigenvalue weighted by atomic mass is 19.2. The molecule has 0 aliphatic heterocycles. The maximum Gasteiger partial charge on any atom is 0.200 e. The summed E-state index contributed by atoms with van der Waals surface area (Å²) in [6.07, 6.45) is 6.96. The predicted octanol–water partition coefficient (Wildman–Crippen LogP) is 9.33. The lowest BCUT2D eigenvalue weighted by molar-refractivity contribution is 0.0249. The van der Waals surface area contributed by atoms with E-state index in [9.17, 15) is 8.78 Å². The molecule has 0 atom stereocenters. The van der Waals surface area contributed by atoms with Gasteiger partial charge < -0.3 is 9.47 Å². The summed E-state index contributed by atoms with van der Waals surface area (Å²) in [5, 5.41) is 0. The molecule has 0 amide bonds. The van der Waals surface area contributed by atoms with E-state index < -0.39 is 23.3 Å². The lowest BCUT2D eigenvalue weighted by atomic mass is 9.82. The van der Waals surface area contributed by atoms with E-state index >= 15 is 8.78 Å². The van der Waals surface area contributed by atoms with Crippen molar-refractivity contribution in [2.24, 2.45) is 0 Å². The second-order valence-electron chi connectivity index (χ2n) is 10.4. The Morgan fingerprint density at radius 3 is 2.13 bits per heavy atom. The van der Waals surface area contributed by atoms with Gasteiger partial charge in [-0.25, -0.2) is 13.2 Å². The van der Waals surface area contributed by atoms with E-state index in [2.05, 4.69) is 6.92 Å². The van der Waals surface area contributed by atoms with Crippen LogP contribution in [0.5, 0.6) is 5.75 Å². The van der Waals surface area contributed by atoms with E-state index in [0.29, 0.717) is 30.6 Å². The minimum absolute atomic E-state index is 0.000367. The highest BCUT2D eigenvalue weighted by Gasteiger charge is 2.27. The SMILES string of the molecule is CCCCOc1ccc(CCc2ccc(-c3ccc(C4CCC(OCCC)CC4)c(F)c3F)cc2)c(F)c1F. The van der Waals surface area contributed by atoms with Crippen LogP contribution in [0.25, 0.3) is 11.1 Å². The fraction of sp³-hybridized carbons (Fsp3) is 0.455. The van der Waals surface area contributed by atoms with Crippen LogP contribution in [-0.2, 0) is 17.6 Å². The molecule has 3 aromatic rings. The van der Waals surface area contributed by atoms with Crippen molar-refractivity contribution in [3.8, 4) is 16.9 Å². The molecule has 6 heteroatoms. The topological polar surface area (TPSA) is 18.5 Å². The van der Waals surface area contributed by atoms with Gasteiger partial charge >= 0.3 is 0 Å². The van der Waals surface area contributed by atoms with Crippen LogP contribution in [0.15, 0.2) is 48.5 Å². The molecule has 0 saturated heterocycles. The number of ether oxygens (including phenoxy) is 2. The van der Waals surface area contributed by atoms with Crippen molar-refractivity contribution in [3.63, 3.8) is 0 Å². The monoisotopic (exact) mass is 542 g/mol. The zero-order chi connectivity index (χ0) is 27.8. The maximum atomic E-state index is 15.1. The molecule has 3 aromatic carbocycles. The Morgan fingerprint density at radius 2 is 1.44 bits per heavy atom. The van der Waals surface area contributed by atoms with E-state index in [1.165, 1.54) is 6.07 Å². The molecule has 0 heterocycles. The van der Waals surface area contributed by atoms with Gasteiger partial charge in [0.2, 0.25) is 5.82 Å². The molecule has 39 heavy (non-hydrogen) atoms. The quantitative estimate of drug-likeness (QED) is 0.168. The summed E-state index contributed by atoms with van der Waals surface area (Å²) in [5.41, 5.74) is 2.40. The first-order chi connectivity index (χ1) is 18.9. The molecule has 0 N–H and O–H groups in total. The van der Waals surface area contributed by atoms with Crippen LogP contribution < -0.4 is 4.74 Å². The maximum absolute atomic E-state index is 15.1. The van der Waals surface area contributed by atoms with Crippen LogP contribution >= 0.6 is 0 Å². The molecule has 4 rings (SSSR count). The van der Waals surface area contributed by atoms with Crippen LogP contribution in [0.1, 0.15) is 81.4 Å². The predicted molar refractivity (Wildman–Crippen MR) is 147 cm³/mol. The first-order valence-corrected chi connectivity index (χ1v) is 14.2. The summed E-state index contributed by atoms with van der Waals surface area (Å²) < 4.78 is 70.3. The molecule has 1 fully saturated rings. The number of unbranched alkanes of at least 4 members (excludes halogenated alkanes) is 1. The van der Waals surface area contributed by atoms with Crippen molar-refractivity contribution < 1.29 is 27.0 Å². The number of rotatable bonds is 12. The third-order valence-corrected chi connectivity index (χ3v) is 7.61. The van der Waals surface area contributed by atoms with Crippen LogP contribution in [-0.4, -0.2) is 19.3 Å². The number of aryl methyl sites for hydroxylation is 2. The van der Waals surface area contributed by atoms with Crippen LogP contribution in [0.3, 0.4) is 0 Å². The third kappa shape index (κ3) is 7.21. The number of benzene rings is 3. The summed E-state index contributed by atoms with van der Waals surface area (Å²) in [6, 6.07) is 13.5. The average molecular weight is 543 g/mol. The van der Waals surface area contributed by atoms with Gasteiger partial charge in [-0.2, -0.15) is 4.39 Å². The van der Waals surface area contributed by atoms with Gasteiger partial charge in [-0.1, -0.05) is 62.7 Å². The molecule has 0 aromatic heterocycles. The Morgan fingerprint density at radius 1 is 0.692 bits per heavy atom. The van der Waals surface area contributed by atoms with Gasteiger partial charge in [0, 0.05) is 12.2 Å². The van der Waals surface area contributed by atoms with E-state index in [4.69, 9.17) is 9.47 Å². The van der Waals surface area contributed by atoms with Gasteiger partial charge in [-0.05, 0) is 85.6 Å². The minimum atomic E-state index is -0.960. The summed E-state index contributed by atoms with van der Waals surface area (Å²) >= 11 is 0. The van der Waals surface area contributed by atoms with Gasteiger partial charge in [-0.15, -0.1) is 0 Å². The standard InChI is InChI=1S/C33H38F4O2/c1-3-5-21-39-29-19-14-25(30(34)33(29)37)11-8-22-6-9-23(10-7-22)27-17-18-28(32(36)31(27)35)24-12-15-26(16-13-24)38-20-4-2/h6-7,9-10,14,17-19,24,26H,3-5,8,11-13,15-16,20-21H2,1-2H3. The number of halogens is 4. The van der Waals surface area contributed by atoms with Gasteiger partial charge in [0.15, 0.2) is 23.2 Å². The zero-order valence-electron chi connectivity index (χ0n) is 22.9. The van der Waals surface area contributed by atoms with Crippen molar-refractivity contribution in [1.82, 2.24) is 0 Å². The van der Waals surface area contributed by atoms with E-state index in [1.807, 2.05) is 19.1 Å². The Bertz CT molecular complexity index is 1220. The van der Waals surface area contributed by atoms with Crippen molar-refractivity contribution in [2.75, 3.05) is 13.2 Å². The van der Waals surface area contributed by atoms with Crippen molar-refractivity contribution in [3.05, 3.63) is 88.5 Å². The fourth-order valence-electron chi connectivity index (χ4n) is 5.26. The normalized spacial score (nSPS) is 17.4. The van der Waals surface area contributed by atoms with Gasteiger partial charge in [-0.3, -0.25) is 0 Å². The van der Waals surface area contributed by atoms with E-state index in [-0.39, 0.29) is 28.9 Å². The van der Waals surface area contributed by atoms with Crippen molar-refractivity contribution >= 4 is 0 Å². The van der Waals surface area contributed by atoms with E-state index in [1.54, 1.807) is 30.3 Å². The second kappa shape index (κ2) is 14.0. The molecule has 1 aliphatic rings. The molecular weight excluding hydrogens is 504 g/mol. The fourth-order valence-corrected chi connectivity index (χ4v) is 5.26. The average Bonchev–Trinajstić information content (AvgIpc) is 2.96. The molecular formula is C33H38F4O2. The molecule has 2 nitrogen and oxygen atoms in total. The molecule has 1 aliphatic carbocycles. The minimum Gasteiger partial charge on any atom is -0.490 e. The van der Waals surface area contributed by atoms with Crippen molar-refractivity contribution in [2.45, 2.75) is 83.7 Å². The molecule has 0 unspecified atom stereocenters. The zero-order valence-corrected chi connectivity index (χ0v) is 22.9. The summed E-state index contributed by atoms with van der Waals surface area (Å²) in [6.45, 7) is 5.16. The van der Waals surface area contributed by atoms with Gasteiger partial charge in [0.25, 0.3) is 0 Å². The number of hydrogen-bond acceptors (Lipinski definition) is 2. The molecule has 1 saturated carbocycles. The van der Waals surface area contributed by atoms with Gasteiger partial charge in [0.05, 0.1) is 12.7 Å². The van der Waals surface area contributed by atoms with Crippen LogP contribution in [0, 0.1) is 23.3 Å². The number of hydrogen-bond donors (Lipinski definition) is 0. The Kier molecular flexibility index (Phi) is 10.4. The van der Waals surface area contributed by atoms with Crippen LogP contribution in [0.2, 0.25) is 0 Å². The van der Waals surface area contributed by atoms with E-state index in [0.717, 1.165) is 57.1 Å². The molecule has 0 spiro atoms. The smallest absolute Gasteiger partial charge is 0.200 e. The second-order valence-corrected chi connectivity index (χ2v) is 10.4. The highest BCUT2D eigenvalue weighted by molar-refractivity contribution is 5.65. The Hall–Kier alpha value is -2.86. The van der Waals surface area contributed by atoms with Gasteiger partial charge in [0.1, 0.15) is 0 Å².